The first-order chi connectivity index (χ1) is 13.4. The topological polar surface area (TPSA) is 87.7 Å². The van der Waals surface area contributed by atoms with E-state index >= 15 is 0 Å². The average molecular weight is 385 g/mol. The van der Waals surface area contributed by atoms with Crippen molar-refractivity contribution in [1.29, 1.82) is 0 Å². The zero-order chi connectivity index (χ0) is 20.3. The van der Waals surface area contributed by atoms with Crippen LogP contribution in [-0.4, -0.2) is 38.2 Å². The van der Waals surface area contributed by atoms with E-state index < -0.39 is 18.0 Å². The van der Waals surface area contributed by atoms with Gasteiger partial charge in [-0.1, -0.05) is 12.1 Å². The van der Waals surface area contributed by atoms with Gasteiger partial charge in [0.05, 0.1) is 24.5 Å². The number of halogens is 1. The fraction of sp³-hybridized carbons (Fsp3) is 0.250. The molecule has 1 aliphatic heterocycles. The van der Waals surface area contributed by atoms with Gasteiger partial charge in [-0.05, 0) is 35.9 Å². The molecule has 1 fully saturated rings. The molecule has 0 bridgehead atoms. The second-order valence-corrected chi connectivity index (χ2v) is 6.37. The lowest BCUT2D eigenvalue weighted by molar-refractivity contribution is -0.119. The highest BCUT2D eigenvalue weighted by Gasteiger charge is 2.32. The Bertz CT molecular complexity index is 980. The predicted octanol–water partition coefficient (Wildman–Crippen LogP) is 2.36. The number of amides is 2. The van der Waals surface area contributed by atoms with Crippen molar-refractivity contribution in [3.63, 3.8) is 0 Å². The Labute approximate surface area is 161 Å². The summed E-state index contributed by atoms with van der Waals surface area (Å²) in [7, 11) is 1.64. The number of carbonyl (C=O) groups excluding carboxylic acids is 2. The van der Waals surface area contributed by atoms with Crippen LogP contribution in [0.15, 0.2) is 47.3 Å². The van der Waals surface area contributed by atoms with Crippen molar-refractivity contribution in [1.82, 2.24) is 5.32 Å². The van der Waals surface area contributed by atoms with Crippen LogP contribution in [0.3, 0.4) is 0 Å². The van der Waals surface area contributed by atoms with Crippen LogP contribution < -0.4 is 21.0 Å². The Morgan fingerprint density at radius 2 is 1.96 bits per heavy atom. The van der Waals surface area contributed by atoms with Crippen molar-refractivity contribution >= 4 is 23.4 Å². The number of rotatable bonds is 5. The highest BCUT2D eigenvalue weighted by molar-refractivity contribution is 5.90. The summed E-state index contributed by atoms with van der Waals surface area (Å²) in [5.41, 5.74) is 1.42. The molecule has 0 unspecified atom stereocenters. The Morgan fingerprint density at radius 1 is 1.21 bits per heavy atom. The second kappa shape index (κ2) is 8.08. The van der Waals surface area contributed by atoms with E-state index in [9.17, 15) is 18.8 Å². The van der Waals surface area contributed by atoms with Gasteiger partial charge in [0.2, 0.25) is 11.3 Å². The van der Waals surface area contributed by atoms with E-state index in [0.29, 0.717) is 22.5 Å². The van der Waals surface area contributed by atoms with Crippen LogP contribution in [0.2, 0.25) is 0 Å². The molecule has 2 aromatic rings. The van der Waals surface area contributed by atoms with Crippen LogP contribution in [0.1, 0.15) is 6.92 Å². The number of carbonyl (C=O) groups is 2. The minimum Gasteiger partial charge on any atom is -0.442 e. The Morgan fingerprint density at radius 3 is 2.64 bits per heavy atom. The Hall–Kier alpha value is -3.42. The maximum atomic E-state index is 14.7. The molecule has 0 aromatic heterocycles. The second-order valence-electron chi connectivity index (χ2n) is 6.37. The van der Waals surface area contributed by atoms with Gasteiger partial charge in [0.1, 0.15) is 11.9 Å². The summed E-state index contributed by atoms with van der Waals surface area (Å²) < 4.78 is 19.9. The third-order valence-electron chi connectivity index (χ3n) is 4.41. The summed E-state index contributed by atoms with van der Waals surface area (Å²) in [5, 5.41) is 5.38. The minimum absolute atomic E-state index is 0.198. The normalized spacial score (nSPS) is 15.9. The van der Waals surface area contributed by atoms with Crippen LogP contribution in [0.4, 0.5) is 20.6 Å². The van der Waals surface area contributed by atoms with Crippen molar-refractivity contribution in [2.24, 2.45) is 0 Å². The number of anilines is 2. The van der Waals surface area contributed by atoms with Crippen LogP contribution in [-0.2, 0) is 9.53 Å². The van der Waals surface area contributed by atoms with Crippen molar-refractivity contribution in [2.45, 2.75) is 13.0 Å². The van der Waals surface area contributed by atoms with Crippen LogP contribution >= 0.6 is 0 Å². The first kappa shape index (κ1) is 19.3. The average Bonchev–Trinajstić information content (AvgIpc) is 2.93. The molecule has 0 spiro atoms. The van der Waals surface area contributed by atoms with Crippen molar-refractivity contribution in [2.75, 3.05) is 30.4 Å². The van der Waals surface area contributed by atoms with Gasteiger partial charge in [-0.25, -0.2) is 9.18 Å². The number of hydrogen-bond donors (Lipinski definition) is 2. The molecule has 3 rings (SSSR count). The summed E-state index contributed by atoms with van der Waals surface area (Å²) in [5.74, 6) is -0.746. The van der Waals surface area contributed by atoms with Gasteiger partial charge in [0.15, 0.2) is 0 Å². The van der Waals surface area contributed by atoms with Gasteiger partial charge in [-0.15, -0.1) is 0 Å². The third-order valence-corrected chi connectivity index (χ3v) is 4.41. The number of nitrogens with zero attached hydrogens (tertiary/aromatic N) is 1. The van der Waals surface area contributed by atoms with E-state index in [0.717, 1.165) is 0 Å². The largest absolute Gasteiger partial charge is 0.442 e. The molecule has 0 radical (unpaired) electrons. The molecule has 0 saturated carbocycles. The van der Waals surface area contributed by atoms with E-state index in [1.807, 2.05) is 0 Å². The van der Waals surface area contributed by atoms with Gasteiger partial charge < -0.3 is 15.4 Å². The summed E-state index contributed by atoms with van der Waals surface area (Å²) >= 11 is 0. The maximum Gasteiger partial charge on any atom is 0.414 e. The molecule has 2 N–H and O–H groups in total. The van der Waals surface area contributed by atoms with E-state index in [1.165, 1.54) is 24.0 Å². The van der Waals surface area contributed by atoms with Crippen molar-refractivity contribution in [3.8, 4) is 11.1 Å². The molecular weight excluding hydrogens is 365 g/mol. The maximum absolute atomic E-state index is 14.7. The number of hydrogen-bond acceptors (Lipinski definition) is 5. The molecule has 146 valence electrons. The lowest BCUT2D eigenvalue weighted by Gasteiger charge is -2.14. The predicted molar refractivity (Wildman–Crippen MR) is 104 cm³/mol. The molecule has 1 aliphatic rings. The fourth-order valence-electron chi connectivity index (χ4n) is 2.95. The smallest absolute Gasteiger partial charge is 0.414 e. The number of benzene rings is 1. The number of ether oxygens (including phenoxy) is 1. The summed E-state index contributed by atoms with van der Waals surface area (Å²) in [6.07, 6.45) is -1.09. The molecule has 0 aliphatic carbocycles. The summed E-state index contributed by atoms with van der Waals surface area (Å²) in [4.78, 5) is 36.3. The standard InChI is InChI=1S/C20H20FN3O4/c1-12(25)23-10-15-11-24(20(27)28-15)14-5-6-16(17(21)9-14)13-3-7-18(22-2)19(26)8-4-13/h3-9,15H,10-11H2,1-2H3,(H,22,26)(H,23,25)/t15-/m0/s1. The molecule has 7 nitrogen and oxygen atoms in total. The van der Waals surface area contributed by atoms with Gasteiger partial charge >= 0.3 is 6.09 Å². The molecule has 1 atom stereocenters. The van der Waals surface area contributed by atoms with Gasteiger partial charge in [-0.3, -0.25) is 14.5 Å². The first-order valence-corrected chi connectivity index (χ1v) is 8.73. The molecule has 8 heteroatoms. The number of cyclic esters (lactones) is 1. The van der Waals surface area contributed by atoms with Gasteiger partial charge in [0, 0.05) is 19.5 Å². The van der Waals surface area contributed by atoms with Crippen molar-refractivity contribution in [3.05, 3.63) is 58.5 Å². The molecule has 2 amide bonds. The summed E-state index contributed by atoms with van der Waals surface area (Å²) in [6, 6.07) is 10.6. The quantitative estimate of drug-likeness (QED) is 0.825. The molecule has 1 heterocycles. The van der Waals surface area contributed by atoms with E-state index in [2.05, 4.69) is 10.6 Å². The van der Waals surface area contributed by atoms with E-state index in [1.54, 1.807) is 37.4 Å². The van der Waals surface area contributed by atoms with Gasteiger partial charge in [0.25, 0.3) is 0 Å². The van der Waals surface area contributed by atoms with Crippen LogP contribution in [0.25, 0.3) is 11.1 Å². The molecular formula is C20H20FN3O4. The van der Waals surface area contributed by atoms with E-state index in [4.69, 9.17) is 4.74 Å². The minimum atomic E-state index is -0.594. The zero-order valence-electron chi connectivity index (χ0n) is 15.5. The Kier molecular flexibility index (Phi) is 5.58. The fourth-order valence-corrected chi connectivity index (χ4v) is 2.95. The van der Waals surface area contributed by atoms with Crippen molar-refractivity contribution < 1.29 is 18.7 Å². The SMILES string of the molecule is CNc1ccc(-c2ccc(N3C[C@H](CNC(C)=O)OC3=O)cc2F)ccc1=O. The van der Waals surface area contributed by atoms with Gasteiger partial charge in [-0.2, -0.15) is 0 Å². The monoisotopic (exact) mass is 385 g/mol. The number of nitrogens with one attached hydrogen (secondary N) is 2. The summed E-state index contributed by atoms with van der Waals surface area (Å²) in [6.45, 7) is 1.79. The van der Waals surface area contributed by atoms with E-state index in [-0.39, 0.29) is 24.4 Å². The van der Waals surface area contributed by atoms with Crippen LogP contribution in [0, 0.1) is 5.82 Å². The third kappa shape index (κ3) is 4.11. The highest BCUT2D eigenvalue weighted by Crippen LogP contribution is 2.28. The first-order valence-electron chi connectivity index (χ1n) is 8.73. The van der Waals surface area contributed by atoms with Crippen LogP contribution in [0.5, 0.6) is 0 Å². The zero-order valence-corrected chi connectivity index (χ0v) is 15.5. The molecule has 1 saturated heterocycles. The lowest BCUT2D eigenvalue weighted by atomic mass is 10.1. The molecule has 2 aromatic carbocycles. The lowest BCUT2D eigenvalue weighted by Crippen LogP contribution is -2.33. The highest BCUT2D eigenvalue weighted by atomic mass is 19.1. The Balaban J connectivity index is 1.83. The molecule has 28 heavy (non-hydrogen) atoms.